The van der Waals surface area contributed by atoms with Crippen molar-refractivity contribution in [1.82, 2.24) is 20.5 Å². The summed E-state index contributed by atoms with van der Waals surface area (Å²) in [6, 6.07) is 4.22. The highest BCUT2D eigenvalue weighted by Gasteiger charge is 2.16. The molecule has 104 valence electrons. The lowest BCUT2D eigenvalue weighted by Crippen LogP contribution is -2.23. The summed E-state index contributed by atoms with van der Waals surface area (Å²) in [6.07, 6.45) is 1.33. The number of carbonyl (C=O) groups excluding carboxylic acids is 1. The van der Waals surface area contributed by atoms with Gasteiger partial charge < -0.3 is 10.6 Å². The maximum Gasteiger partial charge on any atom is 0.293 e. The first-order valence-corrected chi connectivity index (χ1v) is 5.70. The fraction of sp³-hybridized carbons (Fsp3) is 0.182. The minimum atomic E-state index is -0.543. The van der Waals surface area contributed by atoms with Gasteiger partial charge in [-0.1, -0.05) is 0 Å². The predicted molar refractivity (Wildman–Crippen MR) is 70.2 cm³/mol. The quantitative estimate of drug-likeness (QED) is 0.544. The summed E-state index contributed by atoms with van der Waals surface area (Å²) >= 11 is 0. The molecule has 0 aliphatic rings. The van der Waals surface area contributed by atoms with E-state index >= 15 is 0 Å². The van der Waals surface area contributed by atoms with Crippen LogP contribution in [0.3, 0.4) is 0 Å². The maximum atomic E-state index is 11.9. The van der Waals surface area contributed by atoms with E-state index in [-0.39, 0.29) is 17.8 Å². The van der Waals surface area contributed by atoms with Crippen molar-refractivity contribution in [3.8, 4) is 0 Å². The highest BCUT2D eigenvalue weighted by Crippen LogP contribution is 2.24. The molecule has 0 aliphatic carbocycles. The summed E-state index contributed by atoms with van der Waals surface area (Å²) < 4.78 is 0. The van der Waals surface area contributed by atoms with Crippen molar-refractivity contribution in [2.45, 2.75) is 6.54 Å². The molecule has 3 N–H and O–H groups in total. The van der Waals surface area contributed by atoms with Crippen LogP contribution in [0.1, 0.15) is 16.2 Å². The van der Waals surface area contributed by atoms with Gasteiger partial charge in [-0.05, 0) is 12.1 Å². The second kappa shape index (κ2) is 5.78. The first-order chi connectivity index (χ1) is 9.61. The van der Waals surface area contributed by atoms with Gasteiger partial charge in [-0.25, -0.2) is 4.98 Å². The van der Waals surface area contributed by atoms with Crippen molar-refractivity contribution in [2.75, 3.05) is 12.4 Å². The molecule has 1 heterocycles. The Morgan fingerprint density at radius 1 is 1.50 bits per heavy atom. The SMILES string of the molecule is CNc1ccc(C(=O)NCc2ncn[nH]2)cc1[N+](=O)[O-]. The van der Waals surface area contributed by atoms with Crippen LogP contribution in [0.25, 0.3) is 0 Å². The molecule has 1 amide bonds. The number of rotatable bonds is 5. The molecule has 2 rings (SSSR count). The fourth-order valence-electron chi connectivity index (χ4n) is 1.62. The van der Waals surface area contributed by atoms with Gasteiger partial charge in [-0.15, -0.1) is 0 Å². The number of nitro groups is 1. The molecule has 0 unspecified atom stereocenters. The zero-order valence-electron chi connectivity index (χ0n) is 10.6. The topological polar surface area (TPSA) is 126 Å². The van der Waals surface area contributed by atoms with Crippen LogP contribution in [-0.2, 0) is 6.54 Å². The van der Waals surface area contributed by atoms with E-state index < -0.39 is 10.8 Å². The highest BCUT2D eigenvalue weighted by atomic mass is 16.6. The average Bonchev–Trinajstić information content (AvgIpc) is 2.97. The standard InChI is InChI=1S/C11H12N6O3/c1-12-8-3-2-7(4-9(8)17(19)20)11(18)13-5-10-14-6-15-16-10/h2-4,6,12H,5H2,1H3,(H,13,18)(H,14,15,16). The minimum Gasteiger partial charge on any atom is -0.383 e. The Kier molecular flexibility index (Phi) is 3.89. The van der Waals surface area contributed by atoms with Crippen molar-refractivity contribution in [2.24, 2.45) is 0 Å². The number of carbonyl (C=O) groups is 1. The zero-order valence-corrected chi connectivity index (χ0v) is 10.6. The molecule has 2 aromatic rings. The number of benzene rings is 1. The number of aromatic amines is 1. The Hall–Kier alpha value is -2.97. The number of nitrogens with zero attached hydrogens (tertiary/aromatic N) is 3. The van der Waals surface area contributed by atoms with Crippen LogP contribution in [0.4, 0.5) is 11.4 Å². The smallest absolute Gasteiger partial charge is 0.293 e. The lowest BCUT2D eigenvalue weighted by molar-refractivity contribution is -0.384. The van der Waals surface area contributed by atoms with E-state index in [1.54, 1.807) is 7.05 Å². The van der Waals surface area contributed by atoms with Gasteiger partial charge in [0, 0.05) is 18.7 Å². The molecule has 1 aromatic carbocycles. The highest BCUT2D eigenvalue weighted by molar-refractivity contribution is 5.95. The molecule has 9 heteroatoms. The molecule has 0 saturated heterocycles. The molecular formula is C11H12N6O3. The first kappa shape index (κ1) is 13.5. The number of nitrogens with one attached hydrogen (secondary N) is 3. The predicted octanol–water partition coefficient (Wildman–Crippen LogP) is 0.685. The molecule has 0 bridgehead atoms. The first-order valence-electron chi connectivity index (χ1n) is 5.70. The molecule has 0 aliphatic heterocycles. The summed E-state index contributed by atoms with van der Waals surface area (Å²) in [5.74, 6) is 0.0758. The number of anilines is 1. The average molecular weight is 276 g/mol. The second-order valence-corrected chi connectivity index (χ2v) is 3.85. The minimum absolute atomic E-state index is 0.153. The third-order valence-electron chi connectivity index (χ3n) is 2.61. The Labute approximate surface area is 113 Å². The number of hydrogen-bond acceptors (Lipinski definition) is 6. The number of amides is 1. The van der Waals surface area contributed by atoms with Crippen LogP contribution in [0.15, 0.2) is 24.5 Å². The van der Waals surface area contributed by atoms with Crippen molar-refractivity contribution in [3.63, 3.8) is 0 Å². The van der Waals surface area contributed by atoms with Crippen LogP contribution >= 0.6 is 0 Å². The Morgan fingerprint density at radius 2 is 2.30 bits per heavy atom. The summed E-state index contributed by atoms with van der Waals surface area (Å²) in [6.45, 7) is 0.167. The maximum absolute atomic E-state index is 11.9. The molecule has 0 radical (unpaired) electrons. The number of hydrogen-bond donors (Lipinski definition) is 3. The van der Waals surface area contributed by atoms with Gasteiger partial charge in [0.2, 0.25) is 0 Å². The summed E-state index contributed by atoms with van der Waals surface area (Å²) in [5.41, 5.74) is 0.400. The Balaban J connectivity index is 2.13. The Morgan fingerprint density at radius 3 is 2.90 bits per heavy atom. The van der Waals surface area contributed by atoms with Gasteiger partial charge in [0.15, 0.2) is 0 Å². The third kappa shape index (κ3) is 2.88. The van der Waals surface area contributed by atoms with E-state index in [4.69, 9.17) is 0 Å². The van der Waals surface area contributed by atoms with Crippen LogP contribution < -0.4 is 10.6 Å². The van der Waals surface area contributed by atoms with Crippen LogP contribution in [0, 0.1) is 10.1 Å². The summed E-state index contributed by atoms with van der Waals surface area (Å²) in [7, 11) is 1.58. The van der Waals surface area contributed by atoms with Crippen molar-refractivity contribution in [1.29, 1.82) is 0 Å². The normalized spacial score (nSPS) is 10.1. The van der Waals surface area contributed by atoms with Gasteiger partial charge >= 0.3 is 0 Å². The van der Waals surface area contributed by atoms with E-state index in [0.29, 0.717) is 11.5 Å². The van der Waals surface area contributed by atoms with Crippen LogP contribution in [-0.4, -0.2) is 33.1 Å². The van der Waals surface area contributed by atoms with Gasteiger partial charge in [-0.2, -0.15) is 5.10 Å². The van der Waals surface area contributed by atoms with E-state index in [1.807, 2.05) is 0 Å². The lowest BCUT2D eigenvalue weighted by Gasteiger charge is -2.06. The van der Waals surface area contributed by atoms with Gasteiger partial charge in [0.25, 0.3) is 11.6 Å². The second-order valence-electron chi connectivity index (χ2n) is 3.85. The lowest BCUT2D eigenvalue weighted by atomic mass is 10.1. The number of aromatic nitrogens is 3. The molecule has 0 atom stereocenters. The summed E-state index contributed by atoms with van der Waals surface area (Å²) in [4.78, 5) is 26.1. The molecule has 0 fully saturated rings. The molecule has 20 heavy (non-hydrogen) atoms. The van der Waals surface area contributed by atoms with Crippen molar-refractivity contribution >= 4 is 17.3 Å². The third-order valence-corrected chi connectivity index (χ3v) is 2.61. The van der Waals surface area contributed by atoms with Crippen molar-refractivity contribution < 1.29 is 9.72 Å². The van der Waals surface area contributed by atoms with E-state index in [0.717, 1.165) is 0 Å². The molecule has 0 saturated carbocycles. The molecular weight excluding hydrogens is 264 g/mol. The monoisotopic (exact) mass is 276 g/mol. The molecule has 9 nitrogen and oxygen atoms in total. The summed E-state index contributed by atoms with van der Waals surface area (Å²) in [5, 5.41) is 22.4. The molecule has 0 spiro atoms. The largest absolute Gasteiger partial charge is 0.383 e. The zero-order chi connectivity index (χ0) is 14.5. The Bertz CT molecular complexity index is 625. The van der Waals surface area contributed by atoms with Gasteiger partial charge in [0.1, 0.15) is 17.8 Å². The number of nitro benzene ring substituents is 1. The number of H-pyrrole nitrogens is 1. The van der Waals surface area contributed by atoms with Crippen molar-refractivity contribution in [3.05, 3.63) is 46.0 Å². The van der Waals surface area contributed by atoms with E-state index in [9.17, 15) is 14.9 Å². The van der Waals surface area contributed by atoms with Gasteiger partial charge in [-0.3, -0.25) is 20.0 Å². The van der Waals surface area contributed by atoms with E-state index in [1.165, 1.54) is 24.5 Å². The van der Waals surface area contributed by atoms with E-state index in [2.05, 4.69) is 25.8 Å². The van der Waals surface area contributed by atoms with Crippen LogP contribution in [0.5, 0.6) is 0 Å². The van der Waals surface area contributed by atoms with Crippen LogP contribution in [0.2, 0.25) is 0 Å². The fourth-order valence-corrected chi connectivity index (χ4v) is 1.62. The van der Waals surface area contributed by atoms with Gasteiger partial charge in [0.05, 0.1) is 11.5 Å². The molecule has 1 aromatic heterocycles.